The van der Waals surface area contributed by atoms with Crippen LogP contribution in [0.25, 0.3) is 5.76 Å². The van der Waals surface area contributed by atoms with Crippen molar-refractivity contribution in [3.05, 3.63) is 64.6 Å². The molecule has 0 saturated carbocycles. The first-order valence-corrected chi connectivity index (χ1v) is 6.42. The summed E-state index contributed by atoms with van der Waals surface area (Å²) in [4.78, 5) is 12.1. The number of carbonyl (C=O) groups excluding carboxylic acids is 1. The minimum absolute atomic E-state index is 0.128. The molecule has 5 heteroatoms. The number of ketones is 1. The fourth-order valence-electron chi connectivity index (χ4n) is 2.33. The predicted octanol–water partition coefficient (Wildman–Crippen LogP) is 3.16. The molecule has 0 saturated heterocycles. The molecule has 0 spiro atoms. The van der Waals surface area contributed by atoms with Crippen LogP contribution >= 0.6 is 11.6 Å². The molecule has 0 aromatic heterocycles. The van der Waals surface area contributed by atoms with E-state index >= 15 is 0 Å². The van der Waals surface area contributed by atoms with E-state index in [-0.39, 0.29) is 17.3 Å². The normalized spacial score (nSPS) is 25.1. The first-order chi connectivity index (χ1) is 9.56. The first-order valence-electron chi connectivity index (χ1n) is 6.04. The Morgan fingerprint density at radius 1 is 1.15 bits per heavy atom. The van der Waals surface area contributed by atoms with Gasteiger partial charge >= 0.3 is 0 Å². The summed E-state index contributed by atoms with van der Waals surface area (Å²) >= 11 is 6.08. The van der Waals surface area contributed by atoms with E-state index in [1.165, 1.54) is 12.2 Å². The number of benzene rings is 1. The molecule has 1 aliphatic carbocycles. The van der Waals surface area contributed by atoms with Gasteiger partial charge in [-0.1, -0.05) is 23.7 Å². The maximum atomic E-state index is 12.1. The van der Waals surface area contributed by atoms with Crippen LogP contribution in [0.2, 0.25) is 5.02 Å². The number of rotatable bonds is 1. The molecule has 2 atom stereocenters. The van der Waals surface area contributed by atoms with Crippen LogP contribution in [0.4, 0.5) is 0 Å². The summed E-state index contributed by atoms with van der Waals surface area (Å²) in [5.74, 6) is -1.09. The number of allylic oxidation sites excluding steroid dienone is 2. The number of hydrogen-bond acceptors (Lipinski definition) is 4. The molecule has 2 aliphatic rings. The maximum Gasteiger partial charge on any atom is 0.174 e. The number of aliphatic hydroxyl groups is 2. The zero-order chi connectivity index (χ0) is 14.3. The van der Waals surface area contributed by atoms with Gasteiger partial charge in [0.2, 0.25) is 0 Å². The minimum Gasteiger partial charge on any atom is -0.511 e. The second-order valence-corrected chi connectivity index (χ2v) is 5.02. The van der Waals surface area contributed by atoms with Crippen LogP contribution in [-0.2, 0) is 9.53 Å². The van der Waals surface area contributed by atoms with Crippen LogP contribution < -0.4 is 0 Å². The number of fused-ring (bicyclic) bond motifs is 1. The smallest absolute Gasteiger partial charge is 0.174 e. The Morgan fingerprint density at radius 2 is 1.90 bits per heavy atom. The topological polar surface area (TPSA) is 66.8 Å². The standard InChI is InChI=1S/C15H11ClO4/c16-10-4-2-1-3-9(10)13-7-12(19)15-11(18)5-8(17)6-14(15)20-13/h1-7,14-15,17-18H. The van der Waals surface area contributed by atoms with Crippen molar-refractivity contribution in [2.75, 3.05) is 0 Å². The number of aliphatic hydroxyl groups excluding tert-OH is 2. The van der Waals surface area contributed by atoms with Gasteiger partial charge in [-0.05, 0) is 18.2 Å². The third-order valence-corrected chi connectivity index (χ3v) is 3.59. The summed E-state index contributed by atoms with van der Waals surface area (Å²) in [6, 6.07) is 7.00. The van der Waals surface area contributed by atoms with Crippen molar-refractivity contribution in [2.24, 2.45) is 5.92 Å². The van der Waals surface area contributed by atoms with Crippen LogP contribution in [0, 0.1) is 5.92 Å². The first kappa shape index (κ1) is 12.8. The molecule has 0 amide bonds. The lowest BCUT2D eigenvalue weighted by atomic mass is 9.88. The van der Waals surface area contributed by atoms with Gasteiger partial charge in [-0.15, -0.1) is 0 Å². The van der Waals surface area contributed by atoms with Gasteiger partial charge in [-0.25, -0.2) is 0 Å². The lowest BCUT2D eigenvalue weighted by Crippen LogP contribution is -2.35. The van der Waals surface area contributed by atoms with Crippen molar-refractivity contribution in [2.45, 2.75) is 6.10 Å². The zero-order valence-corrected chi connectivity index (χ0v) is 11.0. The highest BCUT2D eigenvalue weighted by atomic mass is 35.5. The van der Waals surface area contributed by atoms with Crippen LogP contribution in [0.3, 0.4) is 0 Å². The molecule has 1 heterocycles. The van der Waals surface area contributed by atoms with E-state index in [1.54, 1.807) is 24.3 Å². The third kappa shape index (κ3) is 2.08. The molecule has 4 nitrogen and oxygen atoms in total. The van der Waals surface area contributed by atoms with Crippen molar-refractivity contribution in [3.8, 4) is 0 Å². The summed E-state index contributed by atoms with van der Waals surface area (Å²) in [6.07, 6.45) is 3.13. The van der Waals surface area contributed by atoms with Crippen molar-refractivity contribution < 1.29 is 19.7 Å². The lowest BCUT2D eigenvalue weighted by Gasteiger charge is -2.31. The number of ether oxygens (including phenoxy) is 1. The van der Waals surface area contributed by atoms with Gasteiger partial charge < -0.3 is 14.9 Å². The fourth-order valence-corrected chi connectivity index (χ4v) is 2.56. The number of carbonyl (C=O) groups is 1. The Hall–Kier alpha value is -2.20. The highest BCUT2D eigenvalue weighted by Gasteiger charge is 2.38. The monoisotopic (exact) mass is 290 g/mol. The average Bonchev–Trinajstić information content (AvgIpc) is 2.37. The van der Waals surface area contributed by atoms with Gasteiger partial charge in [0.25, 0.3) is 0 Å². The third-order valence-electron chi connectivity index (χ3n) is 3.26. The molecule has 1 aromatic rings. The Balaban J connectivity index is 2.02. The van der Waals surface area contributed by atoms with Gasteiger partial charge in [0.1, 0.15) is 29.3 Å². The van der Waals surface area contributed by atoms with Gasteiger partial charge in [0.05, 0.1) is 5.02 Å². The molecule has 1 aromatic carbocycles. The Kier molecular flexibility index (Phi) is 3.03. The van der Waals surface area contributed by atoms with Crippen molar-refractivity contribution in [1.82, 2.24) is 0 Å². The Bertz CT molecular complexity index is 672. The summed E-state index contributed by atoms with van der Waals surface area (Å²) in [5.41, 5.74) is 0.600. The number of hydrogen-bond donors (Lipinski definition) is 2. The van der Waals surface area contributed by atoms with Crippen molar-refractivity contribution in [1.29, 1.82) is 0 Å². The largest absolute Gasteiger partial charge is 0.511 e. The fraction of sp³-hybridized carbons (Fsp3) is 0.133. The van der Waals surface area contributed by atoms with Gasteiger partial charge in [0, 0.05) is 17.7 Å². The second-order valence-electron chi connectivity index (χ2n) is 4.61. The molecular formula is C15H11ClO4. The molecule has 0 radical (unpaired) electrons. The predicted molar refractivity (Wildman–Crippen MR) is 74.2 cm³/mol. The molecule has 3 rings (SSSR count). The van der Waals surface area contributed by atoms with E-state index in [0.29, 0.717) is 16.3 Å². The van der Waals surface area contributed by atoms with Crippen LogP contribution in [-0.4, -0.2) is 22.1 Å². The SMILES string of the molecule is O=C1C=C(c2ccccc2Cl)OC2C=C(O)C=C(O)C12. The van der Waals surface area contributed by atoms with Crippen LogP contribution in [0.1, 0.15) is 5.56 Å². The molecular weight excluding hydrogens is 280 g/mol. The second kappa shape index (κ2) is 4.72. The molecule has 1 aliphatic heterocycles. The van der Waals surface area contributed by atoms with E-state index < -0.39 is 12.0 Å². The van der Waals surface area contributed by atoms with E-state index in [0.717, 1.165) is 6.08 Å². The van der Waals surface area contributed by atoms with Crippen LogP contribution in [0.5, 0.6) is 0 Å². The lowest BCUT2D eigenvalue weighted by molar-refractivity contribution is -0.121. The highest BCUT2D eigenvalue weighted by Crippen LogP contribution is 2.36. The minimum atomic E-state index is -0.808. The molecule has 0 fully saturated rings. The summed E-state index contributed by atoms with van der Waals surface area (Å²) in [5, 5.41) is 19.7. The Morgan fingerprint density at radius 3 is 2.65 bits per heavy atom. The van der Waals surface area contributed by atoms with E-state index in [2.05, 4.69) is 0 Å². The maximum absolute atomic E-state index is 12.1. The average molecular weight is 291 g/mol. The van der Waals surface area contributed by atoms with E-state index in [9.17, 15) is 15.0 Å². The quantitative estimate of drug-likeness (QED) is 0.834. The van der Waals surface area contributed by atoms with Gasteiger partial charge in [-0.2, -0.15) is 0 Å². The van der Waals surface area contributed by atoms with E-state index in [1.807, 2.05) is 0 Å². The summed E-state index contributed by atoms with van der Waals surface area (Å²) in [7, 11) is 0. The summed E-state index contributed by atoms with van der Waals surface area (Å²) in [6.45, 7) is 0. The van der Waals surface area contributed by atoms with E-state index in [4.69, 9.17) is 16.3 Å². The van der Waals surface area contributed by atoms with Crippen molar-refractivity contribution in [3.63, 3.8) is 0 Å². The van der Waals surface area contributed by atoms with Gasteiger partial charge in [-0.3, -0.25) is 4.79 Å². The molecule has 102 valence electrons. The van der Waals surface area contributed by atoms with Crippen LogP contribution in [0.15, 0.2) is 54.0 Å². The zero-order valence-electron chi connectivity index (χ0n) is 10.3. The molecule has 2 unspecified atom stereocenters. The summed E-state index contributed by atoms with van der Waals surface area (Å²) < 4.78 is 5.69. The Labute approximate surface area is 120 Å². The molecule has 2 N–H and O–H groups in total. The van der Waals surface area contributed by atoms with Crippen molar-refractivity contribution >= 4 is 23.1 Å². The molecule has 0 bridgehead atoms. The highest BCUT2D eigenvalue weighted by molar-refractivity contribution is 6.32. The van der Waals surface area contributed by atoms with Gasteiger partial charge in [0.15, 0.2) is 5.78 Å². The number of halogens is 1. The molecule has 20 heavy (non-hydrogen) atoms.